The van der Waals surface area contributed by atoms with Crippen LogP contribution in [0.5, 0.6) is 11.5 Å². The van der Waals surface area contributed by atoms with Crippen LogP contribution in [-0.4, -0.2) is 38.5 Å². The number of carbonyl (C=O) groups excluding carboxylic acids is 2. The number of ether oxygens (including phenoxy) is 3. The van der Waals surface area contributed by atoms with Crippen molar-refractivity contribution in [2.75, 3.05) is 20.3 Å². The summed E-state index contributed by atoms with van der Waals surface area (Å²) in [5.41, 5.74) is 7.60. The Balaban J connectivity index is 2.87. The zero-order valence-electron chi connectivity index (χ0n) is 12.1. The molecule has 9 heteroatoms. The molecule has 0 unspecified atom stereocenters. The number of nitrogens with one attached hydrogen (secondary N) is 1. The van der Waals surface area contributed by atoms with Gasteiger partial charge in [-0.25, -0.2) is 15.0 Å². The van der Waals surface area contributed by atoms with Crippen LogP contribution >= 0.6 is 15.9 Å². The molecule has 0 fully saturated rings. The molecule has 1 aromatic carbocycles. The lowest BCUT2D eigenvalue weighted by atomic mass is 10.2. The van der Waals surface area contributed by atoms with Crippen LogP contribution in [0.15, 0.2) is 21.7 Å². The summed E-state index contributed by atoms with van der Waals surface area (Å²) in [5, 5.41) is 3.66. The number of urea groups is 1. The highest BCUT2D eigenvalue weighted by Crippen LogP contribution is 2.32. The molecule has 0 aromatic heterocycles. The number of methoxy groups -OCH3 is 1. The van der Waals surface area contributed by atoms with Crippen LogP contribution in [0.3, 0.4) is 0 Å². The van der Waals surface area contributed by atoms with Gasteiger partial charge in [0, 0.05) is 10.0 Å². The molecule has 0 aliphatic rings. The third-order valence-corrected chi connectivity index (χ3v) is 3.00. The van der Waals surface area contributed by atoms with Gasteiger partial charge in [0.1, 0.15) is 0 Å². The SMILES string of the molecule is CCOC(=O)COc1cc(Br)c(/C=N/NC(N)=O)cc1OC. The maximum Gasteiger partial charge on any atom is 0.344 e. The molecule has 0 heterocycles. The number of amides is 2. The molecule has 0 radical (unpaired) electrons. The average Bonchev–Trinajstić information content (AvgIpc) is 2.46. The summed E-state index contributed by atoms with van der Waals surface area (Å²) in [6.45, 7) is 1.77. The smallest absolute Gasteiger partial charge is 0.344 e. The van der Waals surface area contributed by atoms with Crippen LogP contribution in [0.4, 0.5) is 4.79 Å². The first kappa shape index (κ1) is 17.8. The highest BCUT2D eigenvalue weighted by Gasteiger charge is 2.11. The number of rotatable bonds is 7. The second-order valence-corrected chi connectivity index (χ2v) is 4.71. The predicted octanol–water partition coefficient (Wildman–Crippen LogP) is 1.40. The van der Waals surface area contributed by atoms with Gasteiger partial charge in [-0.2, -0.15) is 5.10 Å². The Morgan fingerprint density at radius 1 is 1.41 bits per heavy atom. The molecule has 1 rings (SSSR count). The molecule has 0 bridgehead atoms. The molecule has 0 aliphatic heterocycles. The number of esters is 1. The second-order valence-electron chi connectivity index (χ2n) is 3.85. The zero-order chi connectivity index (χ0) is 16.5. The normalized spacial score (nSPS) is 10.3. The summed E-state index contributed by atoms with van der Waals surface area (Å²) in [4.78, 5) is 21.9. The van der Waals surface area contributed by atoms with Gasteiger partial charge < -0.3 is 19.9 Å². The highest BCUT2D eigenvalue weighted by atomic mass is 79.9. The van der Waals surface area contributed by atoms with Crippen LogP contribution in [0.1, 0.15) is 12.5 Å². The summed E-state index contributed by atoms with van der Waals surface area (Å²) < 4.78 is 16.0. The number of hydrogen-bond acceptors (Lipinski definition) is 6. The van der Waals surface area contributed by atoms with E-state index in [1.165, 1.54) is 13.3 Å². The summed E-state index contributed by atoms with van der Waals surface area (Å²) in [6, 6.07) is 2.47. The molecular weight excluding hydrogens is 358 g/mol. The van der Waals surface area contributed by atoms with Crippen molar-refractivity contribution < 1.29 is 23.8 Å². The third kappa shape index (κ3) is 5.60. The molecule has 120 valence electrons. The maximum absolute atomic E-state index is 11.3. The van der Waals surface area contributed by atoms with Crippen LogP contribution in [-0.2, 0) is 9.53 Å². The highest BCUT2D eigenvalue weighted by molar-refractivity contribution is 9.10. The molecule has 2 amide bonds. The Hall–Kier alpha value is -2.29. The molecular formula is C13H16BrN3O5. The minimum absolute atomic E-state index is 0.229. The van der Waals surface area contributed by atoms with Crippen LogP contribution in [0.2, 0.25) is 0 Å². The molecule has 0 saturated heterocycles. The number of primary amides is 1. The number of hydrazone groups is 1. The average molecular weight is 374 g/mol. The molecule has 0 saturated carbocycles. The van der Waals surface area contributed by atoms with Crippen molar-refractivity contribution in [2.45, 2.75) is 6.92 Å². The van der Waals surface area contributed by atoms with Crippen molar-refractivity contribution in [1.82, 2.24) is 5.43 Å². The van der Waals surface area contributed by atoms with E-state index in [9.17, 15) is 9.59 Å². The zero-order valence-corrected chi connectivity index (χ0v) is 13.7. The first-order valence-corrected chi connectivity index (χ1v) is 7.01. The van der Waals surface area contributed by atoms with Crippen molar-refractivity contribution in [3.63, 3.8) is 0 Å². The number of nitrogens with two attached hydrogens (primary N) is 1. The largest absolute Gasteiger partial charge is 0.493 e. The van der Waals surface area contributed by atoms with E-state index >= 15 is 0 Å². The van der Waals surface area contributed by atoms with E-state index in [1.54, 1.807) is 19.1 Å². The number of nitrogens with zero attached hydrogens (tertiary/aromatic N) is 1. The van der Waals surface area contributed by atoms with Crippen molar-refractivity contribution in [3.8, 4) is 11.5 Å². The van der Waals surface area contributed by atoms with E-state index < -0.39 is 12.0 Å². The fourth-order valence-corrected chi connectivity index (χ4v) is 1.85. The Morgan fingerprint density at radius 3 is 2.73 bits per heavy atom. The Kier molecular flexibility index (Phi) is 7.17. The molecule has 3 N–H and O–H groups in total. The fraction of sp³-hybridized carbons (Fsp3) is 0.308. The summed E-state index contributed by atoms with van der Waals surface area (Å²) in [5.74, 6) is 0.285. The monoisotopic (exact) mass is 373 g/mol. The summed E-state index contributed by atoms with van der Waals surface area (Å²) in [6.07, 6.45) is 1.38. The van der Waals surface area contributed by atoms with Gasteiger partial charge in [-0.3, -0.25) is 0 Å². The lowest BCUT2D eigenvalue weighted by molar-refractivity contribution is -0.145. The number of benzene rings is 1. The van der Waals surface area contributed by atoms with Crippen LogP contribution in [0, 0.1) is 0 Å². The van der Waals surface area contributed by atoms with Gasteiger partial charge in [0.25, 0.3) is 0 Å². The topological polar surface area (TPSA) is 112 Å². The van der Waals surface area contributed by atoms with Gasteiger partial charge in [0.2, 0.25) is 0 Å². The fourth-order valence-electron chi connectivity index (χ4n) is 1.43. The molecule has 22 heavy (non-hydrogen) atoms. The first-order valence-electron chi connectivity index (χ1n) is 6.22. The number of hydrogen-bond donors (Lipinski definition) is 2. The predicted molar refractivity (Wildman–Crippen MR) is 83.1 cm³/mol. The van der Waals surface area contributed by atoms with Gasteiger partial charge in [-0.05, 0) is 35.0 Å². The van der Waals surface area contributed by atoms with Crippen molar-refractivity contribution in [2.24, 2.45) is 10.8 Å². The maximum atomic E-state index is 11.3. The number of carbonyl (C=O) groups is 2. The van der Waals surface area contributed by atoms with E-state index in [4.69, 9.17) is 19.9 Å². The number of halogens is 1. The summed E-state index contributed by atoms with van der Waals surface area (Å²) >= 11 is 3.33. The molecule has 0 atom stereocenters. The van der Waals surface area contributed by atoms with E-state index in [0.717, 1.165) is 0 Å². The molecule has 0 aliphatic carbocycles. The van der Waals surface area contributed by atoms with Crippen molar-refractivity contribution >= 4 is 34.1 Å². The minimum Gasteiger partial charge on any atom is -0.493 e. The van der Waals surface area contributed by atoms with E-state index in [2.05, 4.69) is 26.5 Å². The second kappa shape index (κ2) is 8.88. The quantitative estimate of drug-likeness (QED) is 0.426. The van der Waals surface area contributed by atoms with Gasteiger partial charge >= 0.3 is 12.0 Å². The Labute approximate surface area is 135 Å². The molecule has 1 aromatic rings. The minimum atomic E-state index is -0.770. The van der Waals surface area contributed by atoms with E-state index in [-0.39, 0.29) is 13.2 Å². The van der Waals surface area contributed by atoms with Crippen LogP contribution < -0.4 is 20.6 Å². The van der Waals surface area contributed by atoms with Crippen molar-refractivity contribution in [3.05, 3.63) is 22.2 Å². The Morgan fingerprint density at radius 2 is 2.14 bits per heavy atom. The Bertz CT molecular complexity index is 577. The van der Waals surface area contributed by atoms with E-state index in [0.29, 0.717) is 21.5 Å². The van der Waals surface area contributed by atoms with Crippen molar-refractivity contribution in [1.29, 1.82) is 0 Å². The molecule has 0 spiro atoms. The van der Waals surface area contributed by atoms with Gasteiger partial charge in [-0.1, -0.05) is 0 Å². The van der Waals surface area contributed by atoms with E-state index in [1.807, 2.05) is 0 Å². The standard InChI is InChI=1S/C13H16BrN3O5/c1-3-21-12(18)7-22-11-5-9(14)8(4-10(11)20-2)6-16-17-13(15)19/h4-6H,3,7H2,1-2H3,(H3,15,17,19)/b16-6+. The summed E-state index contributed by atoms with van der Waals surface area (Å²) in [7, 11) is 1.46. The lowest BCUT2D eigenvalue weighted by Gasteiger charge is -2.12. The third-order valence-electron chi connectivity index (χ3n) is 2.31. The first-order chi connectivity index (χ1) is 10.5. The van der Waals surface area contributed by atoms with Crippen LogP contribution in [0.25, 0.3) is 0 Å². The van der Waals surface area contributed by atoms with Gasteiger partial charge in [0.05, 0.1) is 19.9 Å². The van der Waals surface area contributed by atoms with Gasteiger partial charge in [0.15, 0.2) is 18.1 Å². The lowest BCUT2D eigenvalue weighted by Crippen LogP contribution is -2.24. The molecule has 8 nitrogen and oxygen atoms in total. The van der Waals surface area contributed by atoms with Gasteiger partial charge in [-0.15, -0.1) is 0 Å².